The Morgan fingerprint density at radius 1 is 1.41 bits per heavy atom. The van der Waals surface area contributed by atoms with Crippen LogP contribution in [0, 0.1) is 0 Å². The molecule has 1 saturated heterocycles. The summed E-state index contributed by atoms with van der Waals surface area (Å²) in [4.78, 5) is 24.0. The number of nitrogens with one attached hydrogen (secondary N) is 2. The first kappa shape index (κ1) is 19.4. The number of aliphatic hydroxyl groups is 1. The molecule has 0 amide bonds. The zero-order chi connectivity index (χ0) is 21.7. The Bertz CT molecular complexity index is 1280. The lowest BCUT2D eigenvalue weighted by molar-refractivity contribution is -0.119. The molecule has 4 aromatic rings. The van der Waals surface area contributed by atoms with Gasteiger partial charge in [0.25, 0.3) is 0 Å². The topological polar surface area (TPSA) is 124 Å². The van der Waals surface area contributed by atoms with E-state index in [1.807, 2.05) is 34.7 Å². The van der Waals surface area contributed by atoms with Gasteiger partial charge >= 0.3 is 0 Å². The second kappa shape index (κ2) is 7.38. The first-order chi connectivity index (χ1) is 15.6. The summed E-state index contributed by atoms with van der Waals surface area (Å²) in [6, 6.07) is 5.37. The van der Waals surface area contributed by atoms with Crippen LogP contribution in [0.3, 0.4) is 0 Å². The molecule has 0 unspecified atom stereocenters. The number of H-pyrrole nitrogens is 1. The molecule has 11 heteroatoms. The summed E-state index contributed by atoms with van der Waals surface area (Å²) in [5.74, 6) is 1.81. The van der Waals surface area contributed by atoms with Crippen molar-refractivity contribution < 1.29 is 9.90 Å². The van der Waals surface area contributed by atoms with Crippen LogP contribution in [-0.4, -0.2) is 53.3 Å². The monoisotopic (exact) mass is 450 g/mol. The number of thiazole rings is 1. The van der Waals surface area contributed by atoms with E-state index in [1.165, 1.54) is 11.3 Å². The van der Waals surface area contributed by atoms with Crippen LogP contribution < -0.4 is 10.2 Å². The lowest BCUT2D eigenvalue weighted by Crippen LogP contribution is -2.38. The second-order valence-corrected chi connectivity index (χ2v) is 9.32. The number of ketones is 1. The van der Waals surface area contributed by atoms with Gasteiger partial charge in [0.15, 0.2) is 17.4 Å². The molecule has 0 bridgehead atoms. The summed E-state index contributed by atoms with van der Waals surface area (Å²) in [5.41, 5.74) is 0.718. The molecule has 2 aliphatic rings. The number of carbonyl (C=O) groups is 1. The normalized spacial score (nSPS) is 19.5. The van der Waals surface area contributed by atoms with Crippen LogP contribution in [0.25, 0.3) is 5.52 Å². The Hall–Kier alpha value is -3.31. The fraction of sp³-hybridized carbons (Fsp3) is 0.381. The van der Waals surface area contributed by atoms with Gasteiger partial charge in [-0.3, -0.25) is 9.89 Å². The molecule has 0 aromatic carbocycles. The zero-order valence-electron chi connectivity index (χ0n) is 17.2. The predicted molar refractivity (Wildman–Crippen MR) is 119 cm³/mol. The van der Waals surface area contributed by atoms with Gasteiger partial charge in [-0.05, 0) is 37.8 Å². The van der Waals surface area contributed by atoms with Crippen LogP contribution in [-0.2, 0) is 16.8 Å². The number of rotatable bonds is 7. The molecule has 0 radical (unpaired) electrons. The van der Waals surface area contributed by atoms with Gasteiger partial charge in [0, 0.05) is 30.4 Å². The molecule has 164 valence electrons. The van der Waals surface area contributed by atoms with Gasteiger partial charge in [0.1, 0.15) is 11.1 Å². The van der Waals surface area contributed by atoms with E-state index in [2.05, 4.69) is 25.6 Å². The number of anilines is 3. The quantitative estimate of drug-likeness (QED) is 0.392. The fourth-order valence-electron chi connectivity index (χ4n) is 4.22. The van der Waals surface area contributed by atoms with Gasteiger partial charge in [-0.25, -0.2) is 9.50 Å². The standard InChI is InChI=1S/C21H22N8O2S/c30-15(11-18-22-7-10-32-18)13-3-1-8-28(13)20-24-19(14-4-2-9-29(14)27-20)23-17-12-16(25-26-17)21(31)5-6-21/h2,4,7,9-10,12-13,31H,1,3,5-6,8,11H2,(H2,23,24,25,26,27)/t13-/m0/s1. The van der Waals surface area contributed by atoms with Crippen LogP contribution in [0.15, 0.2) is 36.0 Å². The van der Waals surface area contributed by atoms with E-state index >= 15 is 0 Å². The maximum Gasteiger partial charge on any atom is 0.246 e. The van der Waals surface area contributed by atoms with Gasteiger partial charge in [-0.1, -0.05) is 0 Å². The number of Topliss-reactive ketones (excluding diaryl/α,β-unsaturated/α-hetero) is 1. The van der Waals surface area contributed by atoms with E-state index in [0.717, 1.165) is 42.8 Å². The molecule has 5 heterocycles. The van der Waals surface area contributed by atoms with Crippen molar-refractivity contribution in [3.8, 4) is 0 Å². The number of carbonyl (C=O) groups excluding carboxylic acids is 1. The van der Waals surface area contributed by atoms with Crippen molar-refractivity contribution in [2.45, 2.75) is 43.7 Å². The molecule has 1 saturated carbocycles. The van der Waals surface area contributed by atoms with Crippen molar-refractivity contribution in [1.82, 2.24) is 29.8 Å². The lowest BCUT2D eigenvalue weighted by atomic mass is 10.1. The number of aromatic nitrogens is 6. The number of fused-ring (bicyclic) bond motifs is 1. The van der Waals surface area contributed by atoms with Crippen molar-refractivity contribution in [2.75, 3.05) is 16.8 Å². The van der Waals surface area contributed by atoms with Crippen molar-refractivity contribution in [2.24, 2.45) is 0 Å². The molecule has 3 N–H and O–H groups in total. The van der Waals surface area contributed by atoms with Crippen LogP contribution in [0.5, 0.6) is 0 Å². The first-order valence-corrected chi connectivity index (χ1v) is 11.6. The average Bonchev–Trinajstić information content (AvgIpc) is 3.38. The summed E-state index contributed by atoms with van der Waals surface area (Å²) < 4.78 is 1.76. The molecule has 2 fully saturated rings. The molecule has 32 heavy (non-hydrogen) atoms. The Labute approximate surface area is 187 Å². The molecule has 1 aliphatic heterocycles. The largest absolute Gasteiger partial charge is 0.384 e. The van der Waals surface area contributed by atoms with Gasteiger partial charge < -0.3 is 15.3 Å². The van der Waals surface area contributed by atoms with E-state index in [4.69, 9.17) is 4.98 Å². The lowest BCUT2D eigenvalue weighted by Gasteiger charge is -2.24. The van der Waals surface area contributed by atoms with Crippen LogP contribution >= 0.6 is 11.3 Å². The van der Waals surface area contributed by atoms with Gasteiger partial charge in [0.05, 0.1) is 23.2 Å². The average molecular weight is 451 g/mol. The molecule has 1 aliphatic carbocycles. The third-order valence-corrected chi connectivity index (χ3v) is 6.90. The summed E-state index contributed by atoms with van der Waals surface area (Å²) in [6.07, 6.45) is 7.07. The maximum absolute atomic E-state index is 13.0. The van der Waals surface area contributed by atoms with E-state index in [-0.39, 0.29) is 11.8 Å². The summed E-state index contributed by atoms with van der Waals surface area (Å²) in [5, 5.41) is 28.1. The van der Waals surface area contributed by atoms with E-state index in [9.17, 15) is 9.90 Å². The Kier molecular flexibility index (Phi) is 4.47. The summed E-state index contributed by atoms with van der Waals surface area (Å²) in [6.45, 7) is 0.722. The highest BCUT2D eigenvalue weighted by Crippen LogP contribution is 2.44. The number of hydrogen-bond acceptors (Lipinski definition) is 9. The molecule has 6 rings (SSSR count). The Morgan fingerprint density at radius 2 is 2.31 bits per heavy atom. The highest BCUT2D eigenvalue weighted by molar-refractivity contribution is 7.09. The Morgan fingerprint density at radius 3 is 3.12 bits per heavy atom. The maximum atomic E-state index is 13.0. The van der Waals surface area contributed by atoms with Crippen molar-refractivity contribution in [3.05, 3.63) is 46.7 Å². The SMILES string of the molecule is O=C(Cc1nccs1)[C@@H]1CCCN1c1nc(Nc2cc(C3(O)CC3)[nH]n2)c2cccn2n1. The number of nitrogens with zero attached hydrogens (tertiary/aromatic N) is 6. The highest BCUT2D eigenvalue weighted by atomic mass is 32.1. The summed E-state index contributed by atoms with van der Waals surface area (Å²) >= 11 is 1.50. The van der Waals surface area contributed by atoms with E-state index in [1.54, 1.807) is 10.7 Å². The minimum atomic E-state index is -0.783. The molecule has 4 aromatic heterocycles. The predicted octanol–water partition coefficient (Wildman–Crippen LogP) is 2.41. The minimum absolute atomic E-state index is 0.137. The van der Waals surface area contributed by atoms with Gasteiger partial charge in [0.2, 0.25) is 5.95 Å². The fourth-order valence-corrected chi connectivity index (χ4v) is 4.84. The number of aromatic amines is 1. The van der Waals surface area contributed by atoms with Gasteiger partial charge in [-0.15, -0.1) is 16.4 Å². The molecule has 0 spiro atoms. The van der Waals surface area contributed by atoms with Crippen molar-refractivity contribution >= 4 is 40.2 Å². The second-order valence-electron chi connectivity index (χ2n) is 8.34. The van der Waals surface area contributed by atoms with Crippen LogP contribution in [0.4, 0.5) is 17.6 Å². The minimum Gasteiger partial charge on any atom is -0.384 e. The zero-order valence-corrected chi connectivity index (χ0v) is 18.0. The van der Waals surface area contributed by atoms with Crippen molar-refractivity contribution in [3.63, 3.8) is 0 Å². The van der Waals surface area contributed by atoms with E-state index < -0.39 is 5.60 Å². The molecule has 1 atom stereocenters. The molecular formula is C21H22N8O2S. The highest BCUT2D eigenvalue weighted by Gasteiger charge is 2.44. The third kappa shape index (κ3) is 3.43. The third-order valence-electron chi connectivity index (χ3n) is 6.12. The van der Waals surface area contributed by atoms with Gasteiger partial charge in [-0.2, -0.15) is 10.1 Å². The van der Waals surface area contributed by atoms with Crippen LogP contribution in [0.1, 0.15) is 36.4 Å². The summed E-state index contributed by atoms with van der Waals surface area (Å²) in [7, 11) is 0. The molecular weight excluding hydrogens is 428 g/mol. The first-order valence-electron chi connectivity index (χ1n) is 10.7. The van der Waals surface area contributed by atoms with Crippen molar-refractivity contribution in [1.29, 1.82) is 0 Å². The smallest absolute Gasteiger partial charge is 0.246 e. The van der Waals surface area contributed by atoms with E-state index in [0.29, 0.717) is 29.7 Å². The molecule has 10 nitrogen and oxygen atoms in total. The number of hydrogen-bond donors (Lipinski definition) is 3. The van der Waals surface area contributed by atoms with Crippen LogP contribution in [0.2, 0.25) is 0 Å². The Balaban J connectivity index is 1.29.